The number of halogens is 2. The van der Waals surface area contributed by atoms with Crippen LogP contribution in [0.25, 0.3) is 0 Å². The van der Waals surface area contributed by atoms with Crippen molar-refractivity contribution >= 4 is 35.0 Å². The molecule has 1 aliphatic carbocycles. The first kappa shape index (κ1) is 18.3. The molecule has 25 heavy (non-hydrogen) atoms. The van der Waals surface area contributed by atoms with Crippen molar-refractivity contribution in [3.05, 3.63) is 27.7 Å². The number of hydrogen-bond acceptors (Lipinski definition) is 4. The highest BCUT2D eigenvalue weighted by Gasteiger charge is 2.27. The molecule has 0 aromatic heterocycles. The lowest BCUT2D eigenvalue weighted by molar-refractivity contribution is -0.122. The molecule has 1 aromatic rings. The van der Waals surface area contributed by atoms with Gasteiger partial charge in [0, 0.05) is 37.8 Å². The minimum Gasteiger partial charge on any atom is -0.494 e. The Morgan fingerprint density at radius 3 is 2.28 bits per heavy atom. The maximum Gasteiger partial charge on any atom is 0.254 e. The highest BCUT2D eigenvalue weighted by Crippen LogP contribution is 2.34. The van der Waals surface area contributed by atoms with Gasteiger partial charge in [0.15, 0.2) is 5.75 Å². The molecule has 3 rings (SSSR count). The standard InChI is InChI=1S/C17H21Cl2N3O3/c1-25-16-13(18)8-11(9-14(16)19)17(24)22-6-4-21(5-7-22)10-15(23)20-12-2-3-12/h8-9,12H,2-7,10H2,1H3,(H,20,23). The molecule has 136 valence electrons. The fourth-order valence-corrected chi connectivity index (χ4v) is 3.52. The fraction of sp³-hybridized carbons (Fsp3) is 0.529. The van der Waals surface area contributed by atoms with Crippen LogP contribution in [0.1, 0.15) is 23.2 Å². The number of amides is 2. The zero-order valence-electron chi connectivity index (χ0n) is 14.1. The predicted octanol–water partition coefficient (Wildman–Crippen LogP) is 2.04. The summed E-state index contributed by atoms with van der Waals surface area (Å²) < 4.78 is 5.11. The van der Waals surface area contributed by atoms with Gasteiger partial charge in [0.05, 0.1) is 23.7 Å². The predicted molar refractivity (Wildman–Crippen MR) is 96.5 cm³/mol. The molecule has 0 unspecified atom stereocenters. The fourth-order valence-electron chi connectivity index (χ4n) is 2.87. The molecular weight excluding hydrogens is 365 g/mol. The Balaban J connectivity index is 1.55. The van der Waals surface area contributed by atoms with Gasteiger partial charge in [-0.3, -0.25) is 14.5 Å². The Morgan fingerprint density at radius 1 is 1.16 bits per heavy atom. The highest BCUT2D eigenvalue weighted by molar-refractivity contribution is 6.37. The number of nitrogens with zero attached hydrogens (tertiary/aromatic N) is 2. The molecule has 6 nitrogen and oxygen atoms in total. The van der Waals surface area contributed by atoms with Gasteiger partial charge in [-0.2, -0.15) is 0 Å². The van der Waals surface area contributed by atoms with E-state index in [1.54, 1.807) is 17.0 Å². The molecule has 0 spiro atoms. The van der Waals surface area contributed by atoms with Crippen LogP contribution in [-0.4, -0.2) is 67.5 Å². The molecule has 1 aromatic carbocycles. The summed E-state index contributed by atoms with van der Waals surface area (Å²) in [4.78, 5) is 28.3. The van der Waals surface area contributed by atoms with Crippen LogP contribution in [0.4, 0.5) is 0 Å². The Morgan fingerprint density at radius 2 is 1.76 bits per heavy atom. The van der Waals surface area contributed by atoms with Gasteiger partial charge >= 0.3 is 0 Å². The van der Waals surface area contributed by atoms with Gasteiger partial charge in [0.2, 0.25) is 5.91 Å². The number of piperazine rings is 1. The molecule has 1 saturated heterocycles. The zero-order valence-corrected chi connectivity index (χ0v) is 15.6. The summed E-state index contributed by atoms with van der Waals surface area (Å²) in [5.41, 5.74) is 0.440. The molecule has 1 N–H and O–H groups in total. The second kappa shape index (κ2) is 7.81. The second-order valence-corrected chi connectivity index (χ2v) is 7.20. The second-order valence-electron chi connectivity index (χ2n) is 6.38. The molecule has 1 heterocycles. The van der Waals surface area contributed by atoms with Crippen molar-refractivity contribution in [3.8, 4) is 5.75 Å². The van der Waals surface area contributed by atoms with Gasteiger partial charge in [-0.05, 0) is 25.0 Å². The van der Waals surface area contributed by atoms with Crippen LogP contribution in [0.3, 0.4) is 0 Å². The first-order chi connectivity index (χ1) is 12.0. The topological polar surface area (TPSA) is 61.9 Å². The Bertz CT molecular complexity index is 648. The Hall–Kier alpha value is -1.50. The minimum absolute atomic E-state index is 0.0657. The number of ether oxygens (including phenoxy) is 1. The van der Waals surface area contributed by atoms with E-state index in [-0.39, 0.29) is 11.8 Å². The maximum atomic E-state index is 12.7. The van der Waals surface area contributed by atoms with E-state index in [0.29, 0.717) is 60.1 Å². The molecule has 1 saturated carbocycles. The van der Waals surface area contributed by atoms with E-state index >= 15 is 0 Å². The van der Waals surface area contributed by atoms with Crippen molar-refractivity contribution in [1.29, 1.82) is 0 Å². The van der Waals surface area contributed by atoms with E-state index < -0.39 is 0 Å². The van der Waals surface area contributed by atoms with Gasteiger partial charge < -0.3 is 15.0 Å². The molecular formula is C17H21Cl2N3O3. The van der Waals surface area contributed by atoms with Gasteiger partial charge in [-0.25, -0.2) is 0 Å². The molecule has 8 heteroatoms. The van der Waals surface area contributed by atoms with Crippen LogP contribution in [0, 0.1) is 0 Å². The van der Waals surface area contributed by atoms with Gasteiger partial charge in [0.25, 0.3) is 5.91 Å². The third-order valence-electron chi connectivity index (χ3n) is 4.42. The van der Waals surface area contributed by atoms with E-state index in [9.17, 15) is 9.59 Å². The van der Waals surface area contributed by atoms with Crippen molar-refractivity contribution in [2.75, 3.05) is 39.8 Å². The average molecular weight is 386 g/mol. The van der Waals surface area contributed by atoms with E-state index in [4.69, 9.17) is 27.9 Å². The third-order valence-corrected chi connectivity index (χ3v) is 4.98. The van der Waals surface area contributed by atoms with Gasteiger partial charge in [-0.1, -0.05) is 23.2 Å². The number of nitrogens with one attached hydrogen (secondary N) is 1. The van der Waals surface area contributed by atoms with Crippen molar-refractivity contribution < 1.29 is 14.3 Å². The summed E-state index contributed by atoms with van der Waals surface area (Å²) in [5, 5.41) is 3.61. The minimum atomic E-state index is -0.117. The summed E-state index contributed by atoms with van der Waals surface area (Å²) in [6.07, 6.45) is 2.17. The lowest BCUT2D eigenvalue weighted by Crippen LogP contribution is -2.51. The average Bonchev–Trinajstić information content (AvgIpc) is 3.38. The molecule has 0 atom stereocenters. The van der Waals surface area contributed by atoms with E-state index in [1.165, 1.54) is 7.11 Å². The van der Waals surface area contributed by atoms with Crippen molar-refractivity contribution in [3.63, 3.8) is 0 Å². The number of rotatable bonds is 5. The van der Waals surface area contributed by atoms with Crippen LogP contribution in [-0.2, 0) is 4.79 Å². The quantitative estimate of drug-likeness (QED) is 0.842. The molecule has 2 fully saturated rings. The number of hydrogen-bond donors (Lipinski definition) is 1. The van der Waals surface area contributed by atoms with Crippen LogP contribution in [0.5, 0.6) is 5.75 Å². The van der Waals surface area contributed by atoms with Gasteiger partial charge in [-0.15, -0.1) is 0 Å². The first-order valence-electron chi connectivity index (χ1n) is 8.32. The molecule has 0 bridgehead atoms. The maximum absolute atomic E-state index is 12.7. The molecule has 0 radical (unpaired) electrons. The monoisotopic (exact) mass is 385 g/mol. The third kappa shape index (κ3) is 4.57. The number of carbonyl (C=O) groups is 2. The molecule has 2 amide bonds. The van der Waals surface area contributed by atoms with Crippen LogP contribution in [0.15, 0.2) is 12.1 Å². The Labute approximate surface area is 157 Å². The van der Waals surface area contributed by atoms with Crippen molar-refractivity contribution in [2.45, 2.75) is 18.9 Å². The number of methoxy groups -OCH3 is 1. The summed E-state index contributed by atoms with van der Waals surface area (Å²) in [5.74, 6) is 0.316. The zero-order chi connectivity index (χ0) is 18.0. The first-order valence-corrected chi connectivity index (χ1v) is 9.07. The van der Waals surface area contributed by atoms with Crippen molar-refractivity contribution in [1.82, 2.24) is 15.1 Å². The van der Waals surface area contributed by atoms with E-state index in [1.807, 2.05) is 0 Å². The van der Waals surface area contributed by atoms with Gasteiger partial charge in [0.1, 0.15) is 0 Å². The van der Waals surface area contributed by atoms with Crippen LogP contribution < -0.4 is 10.1 Å². The van der Waals surface area contributed by atoms with Crippen LogP contribution >= 0.6 is 23.2 Å². The number of benzene rings is 1. The molecule has 1 aliphatic heterocycles. The summed E-state index contributed by atoms with van der Waals surface area (Å²) in [6, 6.07) is 3.52. The Kier molecular flexibility index (Phi) is 5.71. The smallest absolute Gasteiger partial charge is 0.254 e. The summed E-state index contributed by atoms with van der Waals surface area (Å²) in [7, 11) is 1.48. The summed E-state index contributed by atoms with van der Waals surface area (Å²) in [6.45, 7) is 2.86. The van der Waals surface area contributed by atoms with E-state index in [2.05, 4.69) is 10.2 Å². The number of carbonyl (C=O) groups excluding carboxylic acids is 2. The lowest BCUT2D eigenvalue weighted by atomic mass is 10.1. The van der Waals surface area contributed by atoms with Crippen LogP contribution in [0.2, 0.25) is 10.0 Å². The highest BCUT2D eigenvalue weighted by atomic mass is 35.5. The summed E-state index contributed by atoms with van der Waals surface area (Å²) >= 11 is 12.2. The normalized spacial score (nSPS) is 18.1. The molecule has 2 aliphatic rings. The lowest BCUT2D eigenvalue weighted by Gasteiger charge is -2.34. The van der Waals surface area contributed by atoms with Crippen molar-refractivity contribution in [2.24, 2.45) is 0 Å². The SMILES string of the molecule is COc1c(Cl)cc(C(=O)N2CCN(CC(=O)NC3CC3)CC2)cc1Cl. The van der Waals surface area contributed by atoms with E-state index in [0.717, 1.165) is 12.8 Å². The largest absolute Gasteiger partial charge is 0.494 e.